The SMILES string of the molecule is O=C(O)c1ccc(CCC(=O)N2CCCC(C(F)(F)F)C2)cc1. The second-order valence-corrected chi connectivity index (χ2v) is 5.72. The first-order valence-corrected chi connectivity index (χ1v) is 7.44. The summed E-state index contributed by atoms with van der Waals surface area (Å²) in [4.78, 5) is 24.1. The third-order valence-electron chi connectivity index (χ3n) is 4.07. The Balaban J connectivity index is 1.88. The molecule has 0 radical (unpaired) electrons. The Kier molecular flexibility index (Phi) is 5.28. The van der Waals surface area contributed by atoms with Gasteiger partial charge in [0.25, 0.3) is 0 Å². The first-order chi connectivity index (χ1) is 10.8. The third-order valence-corrected chi connectivity index (χ3v) is 4.07. The summed E-state index contributed by atoms with van der Waals surface area (Å²) in [7, 11) is 0. The number of carboxylic acid groups (broad SMARTS) is 1. The third kappa shape index (κ3) is 4.71. The number of aryl methyl sites for hydroxylation is 1. The number of carbonyl (C=O) groups is 2. The number of alkyl halides is 3. The molecule has 1 aromatic carbocycles. The van der Waals surface area contributed by atoms with Gasteiger partial charge in [0.15, 0.2) is 0 Å². The lowest BCUT2D eigenvalue weighted by Crippen LogP contribution is -2.44. The van der Waals surface area contributed by atoms with Crippen molar-refractivity contribution < 1.29 is 27.9 Å². The van der Waals surface area contributed by atoms with Gasteiger partial charge in [0.1, 0.15) is 0 Å². The number of benzene rings is 1. The van der Waals surface area contributed by atoms with Crippen LogP contribution in [0.5, 0.6) is 0 Å². The zero-order valence-electron chi connectivity index (χ0n) is 12.5. The molecule has 4 nitrogen and oxygen atoms in total. The average molecular weight is 329 g/mol. The van der Waals surface area contributed by atoms with Crippen LogP contribution in [0.25, 0.3) is 0 Å². The molecule has 1 heterocycles. The molecule has 1 fully saturated rings. The summed E-state index contributed by atoms with van der Waals surface area (Å²) in [5.74, 6) is -2.75. The number of hydrogen-bond acceptors (Lipinski definition) is 2. The highest BCUT2D eigenvalue weighted by Gasteiger charge is 2.42. The second kappa shape index (κ2) is 7.02. The van der Waals surface area contributed by atoms with Crippen molar-refractivity contribution in [3.05, 3.63) is 35.4 Å². The molecule has 126 valence electrons. The van der Waals surface area contributed by atoms with Crippen LogP contribution in [-0.2, 0) is 11.2 Å². The number of aromatic carboxylic acids is 1. The fourth-order valence-corrected chi connectivity index (χ4v) is 2.69. The maximum Gasteiger partial charge on any atom is 0.393 e. The van der Waals surface area contributed by atoms with Crippen LogP contribution in [-0.4, -0.2) is 41.1 Å². The van der Waals surface area contributed by atoms with Gasteiger partial charge in [-0.3, -0.25) is 4.79 Å². The van der Waals surface area contributed by atoms with Crippen LogP contribution in [0.15, 0.2) is 24.3 Å². The quantitative estimate of drug-likeness (QED) is 0.923. The molecular weight excluding hydrogens is 311 g/mol. The number of carbonyl (C=O) groups excluding carboxylic acids is 1. The van der Waals surface area contributed by atoms with Gasteiger partial charge in [-0.1, -0.05) is 12.1 Å². The lowest BCUT2D eigenvalue weighted by molar-refractivity contribution is -0.188. The van der Waals surface area contributed by atoms with Crippen molar-refractivity contribution >= 4 is 11.9 Å². The van der Waals surface area contributed by atoms with Crippen LogP contribution in [0, 0.1) is 5.92 Å². The van der Waals surface area contributed by atoms with E-state index >= 15 is 0 Å². The van der Waals surface area contributed by atoms with Gasteiger partial charge < -0.3 is 10.0 Å². The van der Waals surface area contributed by atoms with E-state index in [0.717, 1.165) is 5.56 Å². The Morgan fingerprint density at radius 3 is 2.43 bits per heavy atom. The normalized spacial score (nSPS) is 18.7. The second-order valence-electron chi connectivity index (χ2n) is 5.72. The molecule has 0 aliphatic carbocycles. The van der Waals surface area contributed by atoms with Gasteiger partial charge in [0.2, 0.25) is 5.91 Å². The Hall–Kier alpha value is -2.05. The fraction of sp³-hybridized carbons (Fsp3) is 0.500. The van der Waals surface area contributed by atoms with Crippen LogP contribution in [0.4, 0.5) is 13.2 Å². The lowest BCUT2D eigenvalue weighted by atomic mass is 9.97. The first kappa shape index (κ1) is 17.3. The van der Waals surface area contributed by atoms with Crippen LogP contribution in [0.3, 0.4) is 0 Å². The molecule has 2 rings (SSSR count). The van der Waals surface area contributed by atoms with Gasteiger partial charge in [-0.15, -0.1) is 0 Å². The summed E-state index contributed by atoms with van der Waals surface area (Å²) < 4.78 is 38.2. The van der Waals surface area contributed by atoms with Gasteiger partial charge in [-0.25, -0.2) is 4.79 Å². The van der Waals surface area contributed by atoms with E-state index in [1.807, 2.05) is 0 Å². The van der Waals surface area contributed by atoms with Crippen LogP contribution in [0.1, 0.15) is 35.2 Å². The molecule has 7 heteroatoms. The minimum absolute atomic E-state index is 0.0733. The summed E-state index contributed by atoms with van der Waals surface area (Å²) >= 11 is 0. The number of nitrogens with zero attached hydrogens (tertiary/aromatic N) is 1. The Morgan fingerprint density at radius 1 is 1.22 bits per heavy atom. The molecule has 0 spiro atoms. The molecular formula is C16H18F3NO3. The number of piperidine rings is 1. The van der Waals surface area contributed by atoms with Crippen LogP contribution in [0.2, 0.25) is 0 Å². The van der Waals surface area contributed by atoms with Crippen molar-refractivity contribution in [2.45, 2.75) is 31.9 Å². The topological polar surface area (TPSA) is 57.6 Å². The minimum atomic E-state index is -4.26. The van der Waals surface area contributed by atoms with E-state index in [1.165, 1.54) is 17.0 Å². The summed E-state index contributed by atoms with van der Waals surface area (Å²) in [6.07, 6.45) is -3.32. The number of rotatable bonds is 4. The maximum absolute atomic E-state index is 12.7. The molecule has 1 atom stereocenters. The molecule has 0 bridgehead atoms. The highest BCUT2D eigenvalue weighted by molar-refractivity contribution is 5.87. The van der Waals surface area contributed by atoms with E-state index in [9.17, 15) is 22.8 Å². The van der Waals surface area contributed by atoms with Crippen LogP contribution >= 0.6 is 0 Å². The Morgan fingerprint density at radius 2 is 1.87 bits per heavy atom. The number of halogens is 3. The molecule has 1 amide bonds. The van der Waals surface area contributed by atoms with Crippen molar-refractivity contribution in [1.29, 1.82) is 0 Å². The number of carboxylic acids is 1. The summed E-state index contributed by atoms with van der Waals surface area (Å²) in [5.41, 5.74) is 0.942. The standard InChI is InChI=1S/C16H18F3NO3/c17-16(18,19)13-2-1-9-20(10-13)14(21)8-5-11-3-6-12(7-4-11)15(22)23/h3-4,6-7,13H,1-2,5,8-10H2,(H,22,23). The molecule has 1 saturated heterocycles. The van der Waals surface area contributed by atoms with Crippen molar-refractivity contribution in [2.75, 3.05) is 13.1 Å². The molecule has 0 saturated carbocycles. The van der Waals surface area contributed by atoms with E-state index in [4.69, 9.17) is 5.11 Å². The molecule has 0 aromatic heterocycles. The van der Waals surface area contributed by atoms with Gasteiger partial charge in [0.05, 0.1) is 11.5 Å². The van der Waals surface area contributed by atoms with Crippen molar-refractivity contribution in [1.82, 2.24) is 4.90 Å². The predicted octanol–water partition coefficient (Wildman–Crippen LogP) is 3.12. The van der Waals surface area contributed by atoms with Crippen molar-refractivity contribution in [3.63, 3.8) is 0 Å². The summed E-state index contributed by atoms with van der Waals surface area (Å²) in [6, 6.07) is 6.13. The summed E-state index contributed by atoms with van der Waals surface area (Å²) in [6.45, 7) is 0.101. The minimum Gasteiger partial charge on any atom is -0.478 e. The average Bonchev–Trinajstić information content (AvgIpc) is 2.52. The number of amides is 1. The van der Waals surface area contributed by atoms with Gasteiger partial charge in [-0.05, 0) is 37.0 Å². The van der Waals surface area contributed by atoms with E-state index in [0.29, 0.717) is 19.4 Å². The maximum atomic E-state index is 12.7. The van der Waals surface area contributed by atoms with E-state index in [1.54, 1.807) is 12.1 Å². The van der Waals surface area contributed by atoms with Gasteiger partial charge >= 0.3 is 12.1 Å². The Bertz CT molecular complexity index is 569. The van der Waals surface area contributed by atoms with Crippen molar-refractivity contribution in [3.8, 4) is 0 Å². The zero-order valence-corrected chi connectivity index (χ0v) is 12.5. The first-order valence-electron chi connectivity index (χ1n) is 7.44. The van der Waals surface area contributed by atoms with E-state index in [-0.39, 0.29) is 30.9 Å². The van der Waals surface area contributed by atoms with Crippen LogP contribution < -0.4 is 0 Å². The summed E-state index contributed by atoms with van der Waals surface area (Å²) in [5, 5.41) is 8.80. The molecule has 1 aliphatic heterocycles. The number of hydrogen-bond donors (Lipinski definition) is 1. The predicted molar refractivity (Wildman–Crippen MR) is 77.1 cm³/mol. The molecule has 1 aromatic rings. The largest absolute Gasteiger partial charge is 0.478 e. The molecule has 1 unspecified atom stereocenters. The smallest absolute Gasteiger partial charge is 0.393 e. The van der Waals surface area contributed by atoms with E-state index < -0.39 is 18.1 Å². The molecule has 1 N–H and O–H groups in total. The molecule has 1 aliphatic rings. The lowest BCUT2D eigenvalue weighted by Gasteiger charge is -2.33. The highest BCUT2D eigenvalue weighted by Crippen LogP contribution is 2.33. The van der Waals surface area contributed by atoms with Gasteiger partial charge in [0, 0.05) is 19.5 Å². The van der Waals surface area contributed by atoms with E-state index in [2.05, 4.69) is 0 Å². The zero-order chi connectivity index (χ0) is 17.0. The fourth-order valence-electron chi connectivity index (χ4n) is 2.69. The van der Waals surface area contributed by atoms with Gasteiger partial charge in [-0.2, -0.15) is 13.2 Å². The highest BCUT2D eigenvalue weighted by atomic mass is 19.4. The monoisotopic (exact) mass is 329 g/mol. The van der Waals surface area contributed by atoms with Crippen molar-refractivity contribution in [2.24, 2.45) is 5.92 Å². The Labute approximate surface area is 131 Å². The molecule has 23 heavy (non-hydrogen) atoms. The number of likely N-dealkylation sites (tertiary alicyclic amines) is 1.